The third kappa shape index (κ3) is 7.61. The molecule has 1 rings (SSSR count). The Balaban J connectivity index is 2.02. The van der Waals surface area contributed by atoms with E-state index in [1.807, 2.05) is 0 Å². The zero-order chi connectivity index (χ0) is 11.3. The minimum Gasteiger partial charge on any atom is -0.312 e. The molecule has 1 nitrogen and oxygen atoms in total. The predicted octanol–water partition coefficient (Wildman–Crippen LogP) is 3.90. The largest absolute Gasteiger partial charge is 0.312 e. The highest BCUT2D eigenvalue weighted by Gasteiger charge is 2.20. The van der Waals surface area contributed by atoms with Crippen LogP contribution in [0.3, 0.4) is 0 Å². The first-order valence-electron chi connectivity index (χ1n) is 6.38. The van der Waals surface area contributed by atoms with E-state index in [9.17, 15) is 0 Å². The minimum atomic E-state index is 0.260. The smallest absolute Gasteiger partial charge is 0.00966 e. The van der Waals surface area contributed by atoms with Crippen molar-refractivity contribution in [1.29, 1.82) is 0 Å². The molecule has 0 bridgehead atoms. The van der Waals surface area contributed by atoms with Crippen LogP contribution >= 0.6 is 0 Å². The highest BCUT2D eigenvalue weighted by Crippen LogP contribution is 2.34. The van der Waals surface area contributed by atoms with Gasteiger partial charge in [0, 0.05) is 5.54 Å². The van der Waals surface area contributed by atoms with Crippen LogP contribution in [0, 0.1) is 5.92 Å². The van der Waals surface area contributed by atoms with Crippen molar-refractivity contribution >= 4 is 0 Å². The zero-order valence-corrected chi connectivity index (χ0v) is 10.9. The van der Waals surface area contributed by atoms with Gasteiger partial charge in [0.1, 0.15) is 0 Å². The van der Waals surface area contributed by atoms with Crippen LogP contribution in [0.4, 0.5) is 0 Å². The van der Waals surface area contributed by atoms with Gasteiger partial charge in [0.05, 0.1) is 0 Å². The summed E-state index contributed by atoms with van der Waals surface area (Å²) >= 11 is 0. The Hall–Kier alpha value is -0.300. The van der Waals surface area contributed by atoms with Gasteiger partial charge in [-0.2, -0.15) is 0 Å². The highest BCUT2D eigenvalue weighted by molar-refractivity contribution is 4.99. The third-order valence-electron chi connectivity index (χ3n) is 2.94. The summed E-state index contributed by atoms with van der Waals surface area (Å²) in [6.07, 6.45) is 9.29. The number of rotatable bonds is 6. The molecule has 1 N–H and O–H groups in total. The van der Waals surface area contributed by atoms with Crippen LogP contribution in [-0.4, -0.2) is 12.1 Å². The average molecular weight is 209 g/mol. The normalized spacial score (nSPS) is 18.3. The second kappa shape index (κ2) is 5.69. The van der Waals surface area contributed by atoms with Crippen molar-refractivity contribution in [3.63, 3.8) is 0 Å². The van der Waals surface area contributed by atoms with E-state index in [2.05, 4.69) is 39.1 Å². The summed E-state index contributed by atoms with van der Waals surface area (Å²) in [6, 6.07) is 0. The fraction of sp³-hybridized carbons (Fsp3) is 0.857. The van der Waals surface area contributed by atoms with Gasteiger partial charge >= 0.3 is 0 Å². The maximum absolute atomic E-state index is 3.51. The molecule has 0 radical (unpaired) electrons. The molecule has 1 aliphatic carbocycles. The number of allylic oxidation sites excluding steroid dienone is 1. The third-order valence-corrected chi connectivity index (χ3v) is 2.94. The Morgan fingerprint density at radius 1 is 1.33 bits per heavy atom. The molecule has 0 heterocycles. The van der Waals surface area contributed by atoms with E-state index in [0.29, 0.717) is 0 Å². The summed E-state index contributed by atoms with van der Waals surface area (Å²) in [6.45, 7) is 10.0. The molecule has 1 aliphatic rings. The standard InChI is InChI=1S/C14H27N/c1-12(7-8-13-9-10-13)6-5-11-15-14(2,3)4/h6,13,15H,5,7-11H2,1-4H3. The SMILES string of the molecule is CC(=CCCNC(C)(C)C)CCC1CC1. The summed E-state index contributed by atoms with van der Waals surface area (Å²) in [5.41, 5.74) is 1.84. The quantitative estimate of drug-likeness (QED) is 0.517. The fourth-order valence-electron chi connectivity index (χ4n) is 1.71. The van der Waals surface area contributed by atoms with E-state index < -0.39 is 0 Å². The molecule has 0 aliphatic heterocycles. The first-order chi connectivity index (χ1) is 6.97. The molecule has 0 aromatic heterocycles. The lowest BCUT2D eigenvalue weighted by Gasteiger charge is -2.19. The molecule has 15 heavy (non-hydrogen) atoms. The minimum absolute atomic E-state index is 0.260. The van der Waals surface area contributed by atoms with Gasteiger partial charge in [0.25, 0.3) is 0 Å². The van der Waals surface area contributed by atoms with E-state index >= 15 is 0 Å². The number of hydrogen-bond acceptors (Lipinski definition) is 1. The van der Waals surface area contributed by atoms with Crippen molar-refractivity contribution < 1.29 is 0 Å². The van der Waals surface area contributed by atoms with Crippen molar-refractivity contribution in [3.05, 3.63) is 11.6 Å². The summed E-state index contributed by atoms with van der Waals surface area (Å²) in [5.74, 6) is 1.07. The monoisotopic (exact) mass is 209 g/mol. The molecule has 0 amide bonds. The van der Waals surface area contributed by atoms with Gasteiger partial charge in [0.2, 0.25) is 0 Å². The predicted molar refractivity (Wildman–Crippen MR) is 68.1 cm³/mol. The molecular formula is C14H27N. The molecule has 0 aromatic carbocycles. The summed E-state index contributed by atoms with van der Waals surface area (Å²) in [7, 11) is 0. The highest BCUT2D eigenvalue weighted by atomic mass is 14.9. The van der Waals surface area contributed by atoms with Crippen LogP contribution in [0.5, 0.6) is 0 Å². The van der Waals surface area contributed by atoms with Crippen LogP contribution < -0.4 is 5.32 Å². The Bertz CT molecular complexity index is 206. The Labute approximate surface area is 95.3 Å². The molecule has 0 aromatic rings. The lowest BCUT2D eigenvalue weighted by atomic mass is 10.1. The Morgan fingerprint density at radius 3 is 2.53 bits per heavy atom. The fourth-order valence-corrected chi connectivity index (χ4v) is 1.71. The molecule has 0 atom stereocenters. The van der Waals surface area contributed by atoms with E-state index in [4.69, 9.17) is 0 Å². The van der Waals surface area contributed by atoms with Crippen LogP contribution in [0.1, 0.15) is 59.8 Å². The van der Waals surface area contributed by atoms with E-state index in [-0.39, 0.29) is 5.54 Å². The average Bonchev–Trinajstić information content (AvgIpc) is 2.91. The molecule has 0 unspecified atom stereocenters. The Kier molecular flexibility index (Phi) is 4.85. The van der Waals surface area contributed by atoms with E-state index in [0.717, 1.165) is 12.5 Å². The van der Waals surface area contributed by atoms with Crippen molar-refractivity contribution in [1.82, 2.24) is 5.32 Å². The second-order valence-electron chi connectivity index (χ2n) is 6.00. The zero-order valence-electron chi connectivity index (χ0n) is 10.9. The van der Waals surface area contributed by atoms with Crippen molar-refractivity contribution in [2.45, 2.75) is 65.3 Å². The first kappa shape index (κ1) is 12.8. The topological polar surface area (TPSA) is 12.0 Å². The maximum Gasteiger partial charge on any atom is 0.00966 e. The van der Waals surface area contributed by atoms with Gasteiger partial charge in [-0.05, 0) is 59.4 Å². The summed E-state index contributed by atoms with van der Waals surface area (Å²) in [4.78, 5) is 0. The van der Waals surface area contributed by atoms with Gasteiger partial charge in [-0.25, -0.2) is 0 Å². The van der Waals surface area contributed by atoms with Gasteiger partial charge in [-0.1, -0.05) is 24.5 Å². The molecule has 0 saturated heterocycles. The van der Waals surface area contributed by atoms with Gasteiger partial charge in [-0.3, -0.25) is 0 Å². The summed E-state index contributed by atoms with van der Waals surface area (Å²) < 4.78 is 0. The molecule has 88 valence electrons. The molecular weight excluding hydrogens is 182 g/mol. The van der Waals surface area contributed by atoms with Crippen LogP contribution in [0.25, 0.3) is 0 Å². The first-order valence-corrected chi connectivity index (χ1v) is 6.38. The lowest BCUT2D eigenvalue weighted by molar-refractivity contribution is 0.431. The number of nitrogens with one attached hydrogen (secondary N) is 1. The van der Waals surface area contributed by atoms with E-state index in [1.165, 1.54) is 32.1 Å². The number of hydrogen-bond donors (Lipinski definition) is 1. The van der Waals surface area contributed by atoms with Crippen molar-refractivity contribution in [3.8, 4) is 0 Å². The van der Waals surface area contributed by atoms with Crippen LogP contribution in [-0.2, 0) is 0 Å². The van der Waals surface area contributed by atoms with Crippen molar-refractivity contribution in [2.24, 2.45) is 5.92 Å². The maximum atomic E-state index is 3.51. The van der Waals surface area contributed by atoms with Crippen LogP contribution in [0.15, 0.2) is 11.6 Å². The summed E-state index contributed by atoms with van der Waals surface area (Å²) in [5, 5.41) is 3.51. The molecule has 1 saturated carbocycles. The lowest BCUT2D eigenvalue weighted by Crippen LogP contribution is -2.36. The van der Waals surface area contributed by atoms with Gasteiger partial charge in [0.15, 0.2) is 0 Å². The molecule has 1 fully saturated rings. The Morgan fingerprint density at radius 2 is 2.00 bits per heavy atom. The van der Waals surface area contributed by atoms with E-state index in [1.54, 1.807) is 5.57 Å². The molecule has 0 spiro atoms. The van der Waals surface area contributed by atoms with Gasteiger partial charge < -0.3 is 5.32 Å². The molecule has 1 heteroatoms. The second-order valence-corrected chi connectivity index (χ2v) is 6.00. The van der Waals surface area contributed by atoms with Crippen LogP contribution in [0.2, 0.25) is 0 Å². The van der Waals surface area contributed by atoms with Crippen molar-refractivity contribution in [2.75, 3.05) is 6.54 Å². The van der Waals surface area contributed by atoms with Gasteiger partial charge in [-0.15, -0.1) is 0 Å².